The molecular weight excluding hydrogens is 402 g/mol. The molecule has 1 aromatic carbocycles. The van der Waals surface area contributed by atoms with E-state index >= 15 is 0 Å². The molecule has 1 aliphatic carbocycles. The van der Waals surface area contributed by atoms with Gasteiger partial charge in [0.15, 0.2) is 0 Å². The summed E-state index contributed by atoms with van der Waals surface area (Å²) >= 11 is 1.34. The predicted molar refractivity (Wildman–Crippen MR) is 107 cm³/mol. The number of carbonyl (C=O) groups excluding carboxylic acids is 1. The van der Waals surface area contributed by atoms with E-state index in [2.05, 4.69) is 0 Å². The van der Waals surface area contributed by atoms with Crippen LogP contribution in [0.3, 0.4) is 0 Å². The van der Waals surface area contributed by atoms with Crippen LogP contribution in [0.2, 0.25) is 0 Å². The molecule has 0 N–H and O–H groups in total. The number of benzene rings is 1. The van der Waals surface area contributed by atoms with Crippen LogP contribution in [0.25, 0.3) is 0 Å². The Labute approximate surface area is 172 Å². The lowest BCUT2D eigenvalue weighted by molar-refractivity contribution is -0.385. The number of hydrogen-bond donors (Lipinski definition) is 0. The second-order valence-corrected chi connectivity index (χ2v) is 9.59. The minimum atomic E-state index is -1.11. The average molecular weight is 426 g/mol. The maximum Gasteiger partial charge on any atom is 0.312 e. The van der Waals surface area contributed by atoms with Crippen molar-refractivity contribution in [3.8, 4) is 0 Å². The van der Waals surface area contributed by atoms with Crippen molar-refractivity contribution >= 4 is 28.5 Å². The topological polar surface area (TPSA) is 81.8 Å². The summed E-state index contributed by atoms with van der Waals surface area (Å²) in [5, 5.41) is 11.7. The van der Waals surface area contributed by atoms with Crippen molar-refractivity contribution < 1.29 is 23.2 Å². The SMILES string of the molecule is CC(C)(C)OC(=O)CC1=N[C@@]2(c3cc([N+](=O)[O-])ccc3F)CC[C@@H](F)C[C@H]2CS1. The lowest BCUT2D eigenvalue weighted by atomic mass is 9.69. The molecule has 0 radical (unpaired) electrons. The van der Waals surface area contributed by atoms with Gasteiger partial charge < -0.3 is 4.74 Å². The van der Waals surface area contributed by atoms with Gasteiger partial charge in [-0.3, -0.25) is 19.9 Å². The van der Waals surface area contributed by atoms with E-state index in [1.54, 1.807) is 20.8 Å². The number of fused-ring (bicyclic) bond motifs is 1. The standard InChI is InChI=1S/C20H24F2N2O4S/c1-19(2,3)28-18(25)10-17-23-20(7-6-13(21)8-12(20)11-29-17)15-9-14(24(26)27)4-5-16(15)22/h4-5,9,12-13H,6-8,10-11H2,1-3H3/t12-,13+,20-/m0/s1. The number of rotatable bonds is 4. The van der Waals surface area contributed by atoms with Gasteiger partial charge in [-0.15, -0.1) is 11.8 Å². The lowest BCUT2D eigenvalue weighted by Gasteiger charge is -2.45. The number of nitro benzene ring substituents is 1. The van der Waals surface area contributed by atoms with E-state index < -0.39 is 34.0 Å². The predicted octanol–water partition coefficient (Wildman–Crippen LogP) is 4.94. The number of nitrogens with zero attached hydrogens (tertiary/aromatic N) is 2. The van der Waals surface area contributed by atoms with Crippen LogP contribution in [0, 0.1) is 21.8 Å². The van der Waals surface area contributed by atoms with Crippen LogP contribution in [-0.4, -0.2) is 33.5 Å². The maximum absolute atomic E-state index is 14.8. The van der Waals surface area contributed by atoms with Gasteiger partial charge in [-0.05, 0) is 46.1 Å². The third kappa shape index (κ3) is 4.76. The smallest absolute Gasteiger partial charge is 0.312 e. The number of hydrogen-bond acceptors (Lipinski definition) is 6. The second-order valence-electron chi connectivity index (χ2n) is 8.49. The molecule has 0 unspecified atom stereocenters. The lowest BCUT2D eigenvalue weighted by Crippen LogP contribution is -2.45. The molecule has 158 valence electrons. The highest BCUT2D eigenvalue weighted by Gasteiger charge is 2.49. The van der Waals surface area contributed by atoms with Crippen molar-refractivity contribution in [2.45, 2.75) is 63.8 Å². The fraction of sp³-hybridized carbons (Fsp3) is 0.600. The quantitative estimate of drug-likeness (QED) is 0.387. The first-order valence-corrected chi connectivity index (χ1v) is 10.5. The van der Waals surface area contributed by atoms with Crippen LogP contribution >= 0.6 is 11.8 Å². The number of nitro groups is 1. The summed E-state index contributed by atoms with van der Waals surface area (Å²) in [5.74, 6) is -0.902. The van der Waals surface area contributed by atoms with E-state index in [4.69, 9.17) is 9.73 Å². The summed E-state index contributed by atoms with van der Waals surface area (Å²) in [7, 11) is 0. The third-order valence-corrected chi connectivity index (χ3v) is 6.31. The molecule has 1 heterocycles. The van der Waals surface area contributed by atoms with E-state index in [0.717, 1.165) is 12.1 Å². The van der Waals surface area contributed by atoms with Crippen LogP contribution < -0.4 is 0 Å². The van der Waals surface area contributed by atoms with Gasteiger partial charge in [0.2, 0.25) is 0 Å². The molecule has 1 aromatic rings. The maximum atomic E-state index is 14.8. The number of esters is 1. The first-order chi connectivity index (χ1) is 13.5. The Hall–Kier alpha value is -2.03. The molecule has 0 saturated heterocycles. The second kappa shape index (κ2) is 8.01. The van der Waals surface area contributed by atoms with Crippen LogP contribution in [-0.2, 0) is 15.1 Å². The van der Waals surface area contributed by atoms with Crippen molar-refractivity contribution in [1.82, 2.24) is 0 Å². The number of thioether (sulfide) groups is 1. The Morgan fingerprint density at radius 3 is 2.83 bits per heavy atom. The molecule has 3 rings (SSSR count). The summed E-state index contributed by atoms with van der Waals surface area (Å²) < 4.78 is 34.3. The summed E-state index contributed by atoms with van der Waals surface area (Å²) in [5.41, 5.74) is -1.89. The molecule has 0 amide bonds. The van der Waals surface area contributed by atoms with Crippen LogP contribution in [0.4, 0.5) is 14.5 Å². The molecule has 1 fully saturated rings. The van der Waals surface area contributed by atoms with Gasteiger partial charge in [0.1, 0.15) is 17.6 Å². The van der Waals surface area contributed by atoms with Crippen LogP contribution in [0.1, 0.15) is 52.0 Å². The number of halogens is 2. The zero-order valence-corrected chi connectivity index (χ0v) is 17.4. The van der Waals surface area contributed by atoms with Gasteiger partial charge in [0, 0.05) is 29.4 Å². The van der Waals surface area contributed by atoms with E-state index in [-0.39, 0.29) is 42.9 Å². The molecule has 1 saturated carbocycles. The van der Waals surface area contributed by atoms with E-state index in [0.29, 0.717) is 10.8 Å². The highest BCUT2D eigenvalue weighted by molar-refractivity contribution is 8.14. The summed E-state index contributed by atoms with van der Waals surface area (Å²) in [6.07, 6.45) is -0.454. The van der Waals surface area contributed by atoms with Crippen LogP contribution in [0.5, 0.6) is 0 Å². The van der Waals surface area contributed by atoms with E-state index in [1.165, 1.54) is 17.8 Å². The van der Waals surface area contributed by atoms with Crippen molar-refractivity contribution in [2.75, 3.05) is 5.75 Å². The zero-order valence-electron chi connectivity index (χ0n) is 16.6. The molecule has 0 spiro atoms. The zero-order chi connectivity index (χ0) is 21.4. The number of carbonyl (C=O) groups is 1. The molecule has 6 nitrogen and oxygen atoms in total. The minimum absolute atomic E-state index is 0.0635. The van der Waals surface area contributed by atoms with Gasteiger partial charge in [-0.25, -0.2) is 8.78 Å². The van der Waals surface area contributed by atoms with Crippen molar-refractivity contribution in [3.63, 3.8) is 0 Å². The summed E-state index contributed by atoms with van der Waals surface area (Å²) in [6, 6.07) is 3.37. The van der Waals surface area contributed by atoms with E-state index in [1.807, 2.05) is 0 Å². The monoisotopic (exact) mass is 426 g/mol. The van der Waals surface area contributed by atoms with Gasteiger partial charge in [-0.1, -0.05) is 0 Å². The Morgan fingerprint density at radius 1 is 1.45 bits per heavy atom. The molecule has 0 aromatic heterocycles. The van der Waals surface area contributed by atoms with Gasteiger partial charge in [-0.2, -0.15) is 0 Å². The van der Waals surface area contributed by atoms with Gasteiger partial charge in [0.05, 0.1) is 21.9 Å². The summed E-state index contributed by atoms with van der Waals surface area (Å²) in [4.78, 5) is 27.6. The van der Waals surface area contributed by atoms with Crippen molar-refractivity contribution in [1.29, 1.82) is 0 Å². The Bertz CT molecular complexity index is 855. The number of aliphatic imine (C=N–C) groups is 1. The Morgan fingerprint density at radius 2 is 2.17 bits per heavy atom. The summed E-state index contributed by atoms with van der Waals surface area (Å²) in [6.45, 7) is 5.29. The fourth-order valence-corrected chi connectivity index (χ4v) is 5.22. The Kier molecular flexibility index (Phi) is 5.98. The number of alkyl halides is 1. The average Bonchev–Trinajstić information content (AvgIpc) is 2.60. The molecule has 2 aliphatic rings. The Balaban J connectivity index is 2.02. The first kappa shape index (κ1) is 21.7. The van der Waals surface area contributed by atoms with Crippen molar-refractivity contribution in [3.05, 3.63) is 39.7 Å². The largest absolute Gasteiger partial charge is 0.460 e. The first-order valence-electron chi connectivity index (χ1n) is 9.52. The van der Waals surface area contributed by atoms with Crippen molar-refractivity contribution in [2.24, 2.45) is 10.9 Å². The normalized spacial score (nSPS) is 27.0. The molecule has 0 bridgehead atoms. The fourth-order valence-electron chi connectivity index (χ4n) is 3.97. The highest BCUT2D eigenvalue weighted by Crippen LogP contribution is 2.51. The van der Waals surface area contributed by atoms with E-state index in [9.17, 15) is 23.7 Å². The van der Waals surface area contributed by atoms with Crippen LogP contribution in [0.15, 0.2) is 23.2 Å². The molecule has 3 atom stereocenters. The molecule has 9 heteroatoms. The minimum Gasteiger partial charge on any atom is -0.460 e. The number of non-ortho nitro benzene ring substituents is 1. The number of ether oxygens (including phenoxy) is 1. The molecular formula is C20H24F2N2O4S. The molecule has 1 aliphatic heterocycles. The highest BCUT2D eigenvalue weighted by atomic mass is 32.2. The molecule has 29 heavy (non-hydrogen) atoms. The third-order valence-electron chi connectivity index (χ3n) is 5.17. The van der Waals surface area contributed by atoms with Gasteiger partial charge in [0.25, 0.3) is 5.69 Å². The van der Waals surface area contributed by atoms with Gasteiger partial charge >= 0.3 is 5.97 Å².